The van der Waals surface area contributed by atoms with Crippen molar-refractivity contribution in [1.29, 1.82) is 0 Å². The van der Waals surface area contributed by atoms with Gasteiger partial charge in [-0.3, -0.25) is 4.57 Å². The molecule has 0 saturated heterocycles. The van der Waals surface area contributed by atoms with E-state index in [-0.39, 0.29) is 18.1 Å². The number of likely N-dealkylation sites (N-methyl/N-ethyl adjacent to an activating group) is 1. The number of aromatic amines is 1. The van der Waals surface area contributed by atoms with Gasteiger partial charge in [-0.1, -0.05) is 0 Å². The smallest absolute Gasteiger partial charge is 0.326 e. The van der Waals surface area contributed by atoms with E-state index in [1.807, 2.05) is 37.2 Å². The number of aromatic nitrogens is 2. The lowest BCUT2D eigenvalue weighted by atomic mass is 10.3. The van der Waals surface area contributed by atoms with Crippen molar-refractivity contribution in [2.75, 3.05) is 27.7 Å². The summed E-state index contributed by atoms with van der Waals surface area (Å²) in [7, 11) is 5.59. The zero-order valence-electron chi connectivity index (χ0n) is 10.8. The number of halogens is 1. The molecule has 100 valence electrons. The van der Waals surface area contributed by atoms with Crippen molar-refractivity contribution in [1.82, 2.24) is 14.5 Å². The minimum Gasteiger partial charge on any atom is -0.497 e. The molecule has 1 heterocycles. The molecular weight excluding hydrogens is 254 g/mol. The first-order valence-corrected chi connectivity index (χ1v) is 5.53. The highest BCUT2D eigenvalue weighted by atomic mass is 35.5. The number of imidazole rings is 1. The lowest BCUT2D eigenvalue weighted by Crippen LogP contribution is -2.24. The highest BCUT2D eigenvalue weighted by Crippen LogP contribution is 2.18. The molecule has 1 aromatic carbocycles. The molecule has 0 aliphatic rings. The Kier molecular flexibility index (Phi) is 4.81. The van der Waals surface area contributed by atoms with Crippen LogP contribution in [0, 0.1) is 0 Å². The molecule has 2 aromatic rings. The molecule has 0 radical (unpaired) electrons. The van der Waals surface area contributed by atoms with Crippen LogP contribution in [0.4, 0.5) is 0 Å². The maximum Gasteiger partial charge on any atom is 0.326 e. The molecule has 0 saturated carbocycles. The molecule has 0 bridgehead atoms. The van der Waals surface area contributed by atoms with Gasteiger partial charge in [0.1, 0.15) is 5.75 Å². The predicted molar refractivity (Wildman–Crippen MR) is 74.9 cm³/mol. The van der Waals surface area contributed by atoms with Crippen LogP contribution in [0.1, 0.15) is 0 Å². The van der Waals surface area contributed by atoms with Gasteiger partial charge < -0.3 is 14.6 Å². The minimum absolute atomic E-state index is 0. The van der Waals surface area contributed by atoms with Crippen LogP contribution in [0.25, 0.3) is 11.0 Å². The van der Waals surface area contributed by atoms with Gasteiger partial charge >= 0.3 is 5.69 Å². The zero-order valence-corrected chi connectivity index (χ0v) is 11.6. The van der Waals surface area contributed by atoms with Crippen LogP contribution >= 0.6 is 12.4 Å². The molecule has 2 rings (SSSR count). The van der Waals surface area contributed by atoms with Gasteiger partial charge in [-0.2, -0.15) is 0 Å². The van der Waals surface area contributed by atoms with Crippen LogP contribution in [0.2, 0.25) is 0 Å². The molecule has 0 spiro atoms. The molecule has 1 N–H and O–H groups in total. The average molecular weight is 272 g/mol. The van der Waals surface area contributed by atoms with Crippen LogP contribution in [0.15, 0.2) is 23.0 Å². The lowest BCUT2D eigenvalue weighted by molar-refractivity contribution is 0.383. The second-order valence-corrected chi connectivity index (χ2v) is 4.27. The first-order chi connectivity index (χ1) is 8.11. The van der Waals surface area contributed by atoms with Crippen molar-refractivity contribution in [3.63, 3.8) is 0 Å². The largest absolute Gasteiger partial charge is 0.497 e. The second-order valence-electron chi connectivity index (χ2n) is 4.27. The average Bonchev–Trinajstić information content (AvgIpc) is 2.61. The van der Waals surface area contributed by atoms with E-state index in [2.05, 4.69) is 4.98 Å². The minimum atomic E-state index is -0.0740. The van der Waals surface area contributed by atoms with Gasteiger partial charge in [0.2, 0.25) is 0 Å². The van der Waals surface area contributed by atoms with Crippen molar-refractivity contribution >= 4 is 23.4 Å². The number of ether oxygens (including phenoxy) is 1. The van der Waals surface area contributed by atoms with Crippen LogP contribution in [0.5, 0.6) is 5.75 Å². The fourth-order valence-corrected chi connectivity index (χ4v) is 1.78. The topological polar surface area (TPSA) is 50.3 Å². The third-order valence-electron chi connectivity index (χ3n) is 2.75. The van der Waals surface area contributed by atoms with Crippen LogP contribution in [-0.4, -0.2) is 42.2 Å². The van der Waals surface area contributed by atoms with E-state index in [9.17, 15) is 4.79 Å². The molecule has 5 nitrogen and oxygen atoms in total. The Morgan fingerprint density at radius 1 is 1.39 bits per heavy atom. The molecule has 1 aromatic heterocycles. The fourth-order valence-electron chi connectivity index (χ4n) is 1.78. The summed E-state index contributed by atoms with van der Waals surface area (Å²) in [5.41, 5.74) is 1.65. The SMILES string of the molecule is COc1ccc2[nH]c(=O)n(CCN(C)C)c2c1.Cl. The second kappa shape index (κ2) is 5.93. The maximum absolute atomic E-state index is 11.8. The number of nitrogens with zero attached hydrogens (tertiary/aromatic N) is 2. The van der Waals surface area contributed by atoms with Crippen molar-refractivity contribution < 1.29 is 4.74 Å². The van der Waals surface area contributed by atoms with E-state index in [1.165, 1.54) is 0 Å². The third-order valence-corrected chi connectivity index (χ3v) is 2.75. The van der Waals surface area contributed by atoms with Crippen molar-refractivity contribution in [2.24, 2.45) is 0 Å². The highest BCUT2D eigenvalue weighted by molar-refractivity contribution is 5.85. The Labute approximate surface area is 112 Å². The van der Waals surface area contributed by atoms with E-state index in [4.69, 9.17) is 4.74 Å². The Morgan fingerprint density at radius 3 is 2.72 bits per heavy atom. The first-order valence-electron chi connectivity index (χ1n) is 5.53. The summed E-state index contributed by atoms with van der Waals surface area (Å²) in [6.45, 7) is 1.49. The molecule has 6 heteroatoms. The summed E-state index contributed by atoms with van der Waals surface area (Å²) in [5.74, 6) is 0.759. The highest BCUT2D eigenvalue weighted by Gasteiger charge is 2.07. The number of fused-ring (bicyclic) bond motifs is 1. The van der Waals surface area contributed by atoms with Crippen LogP contribution < -0.4 is 10.4 Å². The van der Waals surface area contributed by atoms with E-state index >= 15 is 0 Å². The molecule has 0 unspecified atom stereocenters. The molecule has 0 aliphatic carbocycles. The van der Waals surface area contributed by atoms with Gasteiger partial charge in [0, 0.05) is 19.2 Å². The molecule has 0 aliphatic heterocycles. The van der Waals surface area contributed by atoms with Gasteiger partial charge in [-0.05, 0) is 26.2 Å². The Hall–Kier alpha value is -1.46. The summed E-state index contributed by atoms with van der Waals surface area (Å²) >= 11 is 0. The monoisotopic (exact) mass is 271 g/mol. The number of nitrogens with one attached hydrogen (secondary N) is 1. The Morgan fingerprint density at radius 2 is 2.11 bits per heavy atom. The maximum atomic E-state index is 11.8. The number of methoxy groups -OCH3 is 1. The van der Waals surface area contributed by atoms with Gasteiger partial charge in [-0.15, -0.1) is 12.4 Å². The number of H-pyrrole nitrogens is 1. The standard InChI is InChI=1S/C12H17N3O2.ClH/c1-14(2)6-7-15-11-8-9(17-3)4-5-10(11)13-12(15)16;/h4-5,8H,6-7H2,1-3H3,(H,13,16);1H. The van der Waals surface area contributed by atoms with Crippen LogP contribution in [-0.2, 0) is 6.54 Å². The van der Waals surface area contributed by atoms with E-state index in [1.54, 1.807) is 11.7 Å². The van der Waals surface area contributed by atoms with Gasteiger partial charge in [0.25, 0.3) is 0 Å². The third kappa shape index (κ3) is 2.86. The normalized spacial score (nSPS) is 10.7. The summed E-state index contributed by atoms with van der Waals surface area (Å²) in [6, 6.07) is 5.58. The number of hydrogen-bond donors (Lipinski definition) is 1. The number of benzene rings is 1. The number of rotatable bonds is 4. The van der Waals surface area contributed by atoms with Crippen LogP contribution in [0.3, 0.4) is 0 Å². The molecule has 0 atom stereocenters. The summed E-state index contributed by atoms with van der Waals surface area (Å²) in [5, 5.41) is 0. The van der Waals surface area contributed by atoms with E-state index < -0.39 is 0 Å². The molecule has 0 fully saturated rings. The van der Waals surface area contributed by atoms with Crippen molar-refractivity contribution in [3.8, 4) is 5.75 Å². The quantitative estimate of drug-likeness (QED) is 0.913. The lowest BCUT2D eigenvalue weighted by Gasteiger charge is -2.10. The predicted octanol–water partition coefficient (Wildman–Crippen LogP) is 1.32. The Balaban J connectivity index is 0.00000162. The molecule has 0 amide bonds. The van der Waals surface area contributed by atoms with Gasteiger partial charge in [0.15, 0.2) is 0 Å². The first kappa shape index (κ1) is 14.6. The summed E-state index contributed by atoms with van der Waals surface area (Å²) < 4.78 is 6.91. The number of hydrogen-bond acceptors (Lipinski definition) is 3. The van der Waals surface area contributed by atoms with E-state index in [0.29, 0.717) is 6.54 Å². The van der Waals surface area contributed by atoms with Gasteiger partial charge in [-0.25, -0.2) is 4.79 Å². The molecular formula is C12H18ClN3O2. The van der Waals surface area contributed by atoms with Gasteiger partial charge in [0.05, 0.1) is 18.1 Å². The van der Waals surface area contributed by atoms with Crippen molar-refractivity contribution in [2.45, 2.75) is 6.54 Å². The fraction of sp³-hybridized carbons (Fsp3) is 0.417. The van der Waals surface area contributed by atoms with E-state index in [0.717, 1.165) is 23.3 Å². The Bertz CT molecular complexity index is 574. The summed E-state index contributed by atoms with van der Waals surface area (Å²) in [4.78, 5) is 16.7. The molecule has 18 heavy (non-hydrogen) atoms. The summed E-state index contributed by atoms with van der Waals surface area (Å²) in [6.07, 6.45) is 0. The zero-order chi connectivity index (χ0) is 12.4. The van der Waals surface area contributed by atoms with Crippen molar-refractivity contribution in [3.05, 3.63) is 28.7 Å².